The number of hydrogen-bond acceptors (Lipinski definition) is 3. The highest BCUT2D eigenvalue weighted by Crippen LogP contribution is 2.34. The lowest BCUT2D eigenvalue weighted by atomic mass is 10.1. The first-order valence-corrected chi connectivity index (χ1v) is 6.59. The van der Waals surface area contributed by atoms with Crippen LogP contribution in [0.3, 0.4) is 0 Å². The fourth-order valence-electron chi connectivity index (χ4n) is 1.58. The average Bonchev–Trinajstić information content (AvgIpc) is 2.17. The van der Waals surface area contributed by atoms with Crippen LogP contribution in [0.5, 0.6) is 0 Å². The van der Waals surface area contributed by atoms with Crippen molar-refractivity contribution in [1.82, 2.24) is 0 Å². The van der Waals surface area contributed by atoms with Gasteiger partial charge in [-0.15, -0.1) is 0 Å². The average molecular weight is 302 g/mol. The highest BCUT2D eigenvalue weighted by Gasteiger charge is 2.19. The Labute approximate surface area is 101 Å². The molecule has 2 aromatic carbocycles. The molecule has 0 radical (unpaired) electrons. The highest BCUT2D eigenvalue weighted by atomic mass is 79.9. The van der Waals surface area contributed by atoms with Gasteiger partial charge >= 0.3 is 0 Å². The first kappa shape index (κ1) is 11.4. The molecule has 0 saturated carbocycles. The Balaban J connectivity index is 3.05. The van der Waals surface area contributed by atoms with Crippen molar-refractivity contribution < 1.29 is 13.0 Å². The number of rotatable bonds is 1. The zero-order valence-electron chi connectivity index (χ0n) is 8.01. The monoisotopic (exact) mass is 301 g/mol. The number of anilines is 1. The van der Waals surface area contributed by atoms with Gasteiger partial charge in [-0.3, -0.25) is 4.55 Å². The molecule has 0 heterocycles. The Bertz CT molecular complexity index is 667. The Kier molecular flexibility index (Phi) is 2.65. The molecule has 0 aliphatic heterocycles. The second-order valence-electron chi connectivity index (χ2n) is 3.30. The summed E-state index contributed by atoms with van der Waals surface area (Å²) in [6.45, 7) is 0. The molecule has 0 fully saturated rings. The quantitative estimate of drug-likeness (QED) is 0.626. The maximum Gasteiger partial charge on any atom is 0.297 e. The van der Waals surface area contributed by atoms with E-state index in [0.29, 0.717) is 15.2 Å². The summed E-state index contributed by atoms with van der Waals surface area (Å²) in [5, 5.41) is 1.10. The van der Waals surface area contributed by atoms with Crippen molar-refractivity contribution in [2.75, 3.05) is 5.73 Å². The van der Waals surface area contributed by atoms with Crippen molar-refractivity contribution in [3.63, 3.8) is 0 Å². The number of nitrogens with two attached hydrogens (primary N) is 1. The standard InChI is InChI=1S/C10H8BrNO3S/c11-8-5-6-3-1-2-4-7(6)10(9(8)12)16(13,14)15/h1-5H,12H2,(H,13,14,15). The summed E-state index contributed by atoms with van der Waals surface area (Å²) in [4.78, 5) is -0.252. The minimum atomic E-state index is -4.34. The van der Waals surface area contributed by atoms with E-state index in [9.17, 15) is 8.42 Å². The summed E-state index contributed by atoms with van der Waals surface area (Å²) in [6, 6.07) is 8.51. The lowest BCUT2D eigenvalue weighted by molar-refractivity contribution is 0.484. The summed E-state index contributed by atoms with van der Waals surface area (Å²) in [6.07, 6.45) is 0. The van der Waals surface area contributed by atoms with Crippen LogP contribution in [-0.2, 0) is 10.1 Å². The number of fused-ring (bicyclic) bond motifs is 1. The van der Waals surface area contributed by atoms with Gasteiger partial charge in [0, 0.05) is 9.86 Å². The topological polar surface area (TPSA) is 80.4 Å². The van der Waals surface area contributed by atoms with Crippen molar-refractivity contribution in [2.24, 2.45) is 0 Å². The molecule has 0 amide bonds. The molecule has 0 spiro atoms. The van der Waals surface area contributed by atoms with Gasteiger partial charge in [-0.05, 0) is 27.4 Å². The van der Waals surface area contributed by atoms with E-state index in [1.54, 1.807) is 30.3 Å². The molecular formula is C10H8BrNO3S. The minimum absolute atomic E-state index is 0.0150. The number of halogens is 1. The van der Waals surface area contributed by atoms with Crippen LogP contribution in [0, 0.1) is 0 Å². The fourth-order valence-corrected chi connectivity index (χ4v) is 3.00. The number of hydrogen-bond donors (Lipinski definition) is 2. The van der Waals surface area contributed by atoms with Crippen molar-refractivity contribution in [3.05, 3.63) is 34.8 Å². The molecular weight excluding hydrogens is 294 g/mol. The van der Waals surface area contributed by atoms with Crippen LogP contribution in [0.25, 0.3) is 10.8 Å². The molecule has 6 heteroatoms. The predicted molar refractivity (Wildman–Crippen MR) is 65.9 cm³/mol. The molecule has 2 rings (SSSR count). The number of nitrogen functional groups attached to an aromatic ring is 1. The molecule has 0 bridgehead atoms. The van der Waals surface area contributed by atoms with Gasteiger partial charge in [-0.25, -0.2) is 0 Å². The van der Waals surface area contributed by atoms with Crippen LogP contribution in [0.4, 0.5) is 5.69 Å². The van der Waals surface area contributed by atoms with E-state index in [-0.39, 0.29) is 10.6 Å². The van der Waals surface area contributed by atoms with Crippen LogP contribution < -0.4 is 5.73 Å². The fraction of sp³-hybridized carbons (Fsp3) is 0. The summed E-state index contributed by atoms with van der Waals surface area (Å²) in [7, 11) is -4.34. The van der Waals surface area contributed by atoms with Crippen LogP contribution >= 0.6 is 15.9 Å². The largest absolute Gasteiger partial charge is 0.397 e. The van der Waals surface area contributed by atoms with E-state index in [1.807, 2.05) is 0 Å². The zero-order chi connectivity index (χ0) is 11.9. The van der Waals surface area contributed by atoms with Gasteiger partial charge in [-0.2, -0.15) is 8.42 Å². The Morgan fingerprint density at radius 2 is 1.88 bits per heavy atom. The second-order valence-corrected chi connectivity index (χ2v) is 5.51. The van der Waals surface area contributed by atoms with E-state index in [1.165, 1.54) is 0 Å². The highest BCUT2D eigenvalue weighted by molar-refractivity contribution is 9.10. The summed E-state index contributed by atoms with van der Waals surface area (Å²) >= 11 is 3.16. The predicted octanol–water partition coefficient (Wildman–Crippen LogP) is 2.43. The van der Waals surface area contributed by atoms with Gasteiger partial charge in [0.15, 0.2) is 0 Å². The van der Waals surface area contributed by atoms with Gasteiger partial charge in [0.05, 0.1) is 5.69 Å². The zero-order valence-corrected chi connectivity index (χ0v) is 10.4. The lowest BCUT2D eigenvalue weighted by Gasteiger charge is -2.09. The Morgan fingerprint density at radius 1 is 1.25 bits per heavy atom. The summed E-state index contributed by atoms with van der Waals surface area (Å²) < 4.78 is 32.2. The molecule has 0 saturated heterocycles. The molecule has 2 aromatic rings. The lowest BCUT2D eigenvalue weighted by Crippen LogP contribution is -2.04. The maximum absolute atomic E-state index is 11.3. The van der Waals surface area contributed by atoms with Crippen molar-refractivity contribution in [1.29, 1.82) is 0 Å². The van der Waals surface area contributed by atoms with E-state index >= 15 is 0 Å². The van der Waals surface area contributed by atoms with Crippen LogP contribution in [0.2, 0.25) is 0 Å². The SMILES string of the molecule is Nc1c(Br)cc2ccccc2c1S(=O)(=O)O. The van der Waals surface area contributed by atoms with Gasteiger partial charge in [-0.1, -0.05) is 24.3 Å². The van der Waals surface area contributed by atoms with Crippen molar-refractivity contribution in [2.45, 2.75) is 4.90 Å². The Morgan fingerprint density at radius 3 is 2.50 bits per heavy atom. The van der Waals surface area contributed by atoms with E-state index in [2.05, 4.69) is 15.9 Å². The third-order valence-corrected chi connectivity index (χ3v) is 3.86. The van der Waals surface area contributed by atoms with Gasteiger partial charge in [0.25, 0.3) is 10.1 Å². The second kappa shape index (κ2) is 3.73. The van der Waals surface area contributed by atoms with E-state index < -0.39 is 10.1 Å². The first-order chi connectivity index (χ1) is 7.41. The van der Waals surface area contributed by atoms with Crippen LogP contribution in [-0.4, -0.2) is 13.0 Å². The van der Waals surface area contributed by atoms with Crippen LogP contribution in [0.1, 0.15) is 0 Å². The minimum Gasteiger partial charge on any atom is -0.397 e. The third-order valence-electron chi connectivity index (χ3n) is 2.25. The third kappa shape index (κ3) is 1.79. The normalized spacial score (nSPS) is 11.9. The summed E-state index contributed by atoms with van der Waals surface area (Å²) in [5.41, 5.74) is 5.66. The van der Waals surface area contributed by atoms with E-state index in [0.717, 1.165) is 0 Å². The molecule has 4 nitrogen and oxygen atoms in total. The first-order valence-electron chi connectivity index (χ1n) is 4.35. The molecule has 16 heavy (non-hydrogen) atoms. The smallest absolute Gasteiger partial charge is 0.297 e. The summed E-state index contributed by atoms with van der Waals surface area (Å²) in [5.74, 6) is 0. The molecule has 0 atom stereocenters. The van der Waals surface area contributed by atoms with Crippen molar-refractivity contribution in [3.8, 4) is 0 Å². The van der Waals surface area contributed by atoms with Crippen molar-refractivity contribution >= 4 is 42.5 Å². The maximum atomic E-state index is 11.3. The molecule has 0 unspecified atom stereocenters. The molecule has 0 aliphatic carbocycles. The molecule has 3 N–H and O–H groups in total. The number of benzene rings is 2. The van der Waals surface area contributed by atoms with Gasteiger partial charge in [0.2, 0.25) is 0 Å². The van der Waals surface area contributed by atoms with Crippen LogP contribution in [0.15, 0.2) is 39.7 Å². The van der Waals surface area contributed by atoms with E-state index in [4.69, 9.17) is 10.3 Å². The van der Waals surface area contributed by atoms with Gasteiger partial charge in [0.1, 0.15) is 4.90 Å². The molecule has 84 valence electrons. The molecule has 0 aliphatic rings. The molecule has 0 aromatic heterocycles. The van der Waals surface area contributed by atoms with Gasteiger partial charge < -0.3 is 5.73 Å². The Hall–Kier alpha value is -1.11.